The van der Waals surface area contributed by atoms with E-state index in [2.05, 4.69) is 24.3 Å². The fraction of sp³-hybridized carbons (Fsp3) is 0.391. The van der Waals surface area contributed by atoms with Crippen LogP contribution >= 0.6 is 0 Å². The molecule has 3 rings (SSSR count). The first-order valence-electron chi connectivity index (χ1n) is 9.46. The van der Waals surface area contributed by atoms with Crippen LogP contribution in [0.3, 0.4) is 0 Å². The van der Waals surface area contributed by atoms with Crippen molar-refractivity contribution >= 4 is 11.1 Å². The van der Waals surface area contributed by atoms with E-state index in [1.54, 1.807) is 12.1 Å². The molecule has 0 bridgehead atoms. The third-order valence-electron chi connectivity index (χ3n) is 5.11. The van der Waals surface area contributed by atoms with Gasteiger partial charge in [0.1, 0.15) is 5.82 Å². The molecular weight excluding hydrogens is 311 g/mol. The molecule has 1 N–H and O–H groups in total. The van der Waals surface area contributed by atoms with Crippen molar-refractivity contribution in [1.82, 2.24) is 0 Å². The first-order chi connectivity index (χ1) is 12.3. The summed E-state index contributed by atoms with van der Waals surface area (Å²) in [5, 5.41) is 8.95. The van der Waals surface area contributed by atoms with E-state index in [-0.39, 0.29) is 12.4 Å². The Morgan fingerprint density at radius 2 is 1.60 bits per heavy atom. The predicted molar refractivity (Wildman–Crippen MR) is 103 cm³/mol. The van der Waals surface area contributed by atoms with Crippen LogP contribution in [0, 0.1) is 5.82 Å². The number of hydrogen-bond acceptors (Lipinski definition) is 1. The minimum Gasteiger partial charge on any atom is -0.396 e. The van der Waals surface area contributed by atoms with E-state index in [4.69, 9.17) is 5.11 Å². The Labute approximate surface area is 150 Å². The minimum atomic E-state index is -0.177. The third kappa shape index (κ3) is 4.58. The number of aliphatic hydroxyl groups is 1. The summed E-state index contributed by atoms with van der Waals surface area (Å²) < 4.78 is 13.4. The number of fused-ring (bicyclic) bond motifs is 1. The highest BCUT2D eigenvalue weighted by Crippen LogP contribution is 2.38. The summed E-state index contributed by atoms with van der Waals surface area (Å²) in [7, 11) is 0. The SMILES string of the molecule is OCCCCCCC1=C(c2ccc(F)cc2)CCCc2ccccc21. The van der Waals surface area contributed by atoms with Gasteiger partial charge in [-0.05, 0) is 78.5 Å². The van der Waals surface area contributed by atoms with Crippen LogP contribution < -0.4 is 0 Å². The normalized spacial score (nSPS) is 14.3. The molecule has 1 aliphatic carbocycles. The van der Waals surface area contributed by atoms with Crippen molar-refractivity contribution in [3.8, 4) is 0 Å². The Morgan fingerprint density at radius 3 is 2.40 bits per heavy atom. The lowest BCUT2D eigenvalue weighted by molar-refractivity contribution is 0.282. The number of benzene rings is 2. The van der Waals surface area contributed by atoms with E-state index in [1.165, 1.54) is 22.3 Å². The molecule has 0 fully saturated rings. The van der Waals surface area contributed by atoms with Crippen molar-refractivity contribution in [2.75, 3.05) is 6.61 Å². The van der Waals surface area contributed by atoms with Gasteiger partial charge in [-0.25, -0.2) is 4.39 Å². The van der Waals surface area contributed by atoms with Gasteiger partial charge >= 0.3 is 0 Å². The molecule has 0 aliphatic heterocycles. The van der Waals surface area contributed by atoms with Crippen molar-refractivity contribution in [3.05, 3.63) is 71.0 Å². The number of aliphatic hydroxyl groups excluding tert-OH is 1. The Balaban J connectivity index is 1.93. The number of hydrogen-bond donors (Lipinski definition) is 1. The lowest BCUT2D eigenvalue weighted by atomic mass is 9.89. The van der Waals surface area contributed by atoms with Gasteiger partial charge in [0.25, 0.3) is 0 Å². The number of rotatable bonds is 7. The van der Waals surface area contributed by atoms with Crippen molar-refractivity contribution in [2.45, 2.75) is 51.4 Å². The molecule has 1 aliphatic rings. The zero-order valence-corrected chi connectivity index (χ0v) is 14.8. The van der Waals surface area contributed by atoms with Gasteiger partial charge in [-0.3, -0.25) is 0 Å². The molecule has 132 valence electrons. The molecule has 1 nitrogen and oxygen atoms in total. The van der Waals surface area contributed by atoms with Crippen LogP contribution in [-0.2, 0) is 6.42 Å². The molecule has 0 radical (unpaired) electrons. The van der Waals surface area contributed by atoms with Gasteiger partial charge in [-0.1, -0.05) is 49.2 Å². The highest BCUT2D eigenvalue weighted by molar-refractivity contribution is 5.92. The van der Waals surface area contributed by atoms with E-state index in [0.29, 0.717) is 0 Å². The number of halogens is 1. The molecule has 0 saturated carbocycles. The molecule has 0 heterocycles. The Kier molecular flexibility index (Phi) is 6.41. The summed E-state index contributed by atoms with van der Waals surface area (Å²) in [6, 6.07) is 15.7. The second-order valence-electron chi connectivity index (χ2n) is 6.86. The first kappa shape index (κ1) is 17.9. The molecule has 0 amide bonds. The maximum atomic E-state index is 13.4. The van der Waals surface area contributed by atoms with Gasteiger partial charge in [0.15, 0.2) is 0 Å². The first-order valence-corrected chi connectivity index (χ1v) is 9.46. The summed E-state index contributed by atoms with van der Waals surface area (Å²) in [4.78, 5) is 0. The molecular formula is C23H27FO. The maximum absolute atomic E-state index is 13.4. The fourth-order valence-electron chi connectivity index (χ4n) is 3.82. The fourth-order valence-corrected chi connectivity index (χ4v) is 3.82. The molecule has 2 aromatic rings. The van der Waals surface area contributed by atoms with Crippen molar-refractivity contribution in [1.29, 1.82) is 0 Å². The Morgan fingerprint density at radius 1 is 0.840 bits per heavy atom. The topological polar surface area (TPSA) is 20.2 Å². The summed E-state index contributed by atoms with van der Waals surface area (Å²) in [6.07, 6.45) is 8.59. The largest absolute Gasteiger partial charge is 0.396 e. The third-order valence-corrected chi connectivity index (χ3v) is 5.11. The number of allylic oxidation sites excluding steroid dienone is 2. The maximum Gasteiger partial charge on any atom is 0.123 e. The zero-order valence-electron chi connectivity index (χ0n) is 14.8. The van der Waals surface area contributed by atoms with Crippen LogP contribution in [0.2, 0.25) is 0 Å². The predicted octanol–water partition coefficient (Wildman–Crippen LogP) is 6.02. The molecule has 0 spiro atoms. The van der Waals surface area contributed by atoms with E-state index in [1.807, 2.05) is 12.1 Å². The smallest absolute Gasteiger partial charge is 0.123 e. The van der Waals surface area contributed by atoms with E-state index in [9.17, 15) is 4.39 Å². The lowest BCUT2D eigenvalue weighted by Crippen LogP contribution is -1.95. The van der Waals surface area contributed by atoms with Crippen LogP contribution in [0.4, 0.5) is 4.39 Å². The minimum absolute atomic E-state index is 0.177. The van der Waals surface area contributed by atoms with E-state index < -0.39 is 0 Å². The number of aryl methyl sites for hydroxylation is 1. The Hall–Kier alpha value is -1.93. The van der Waals surface area contributed by atoms with Gasteiger partial charge in [-0.2, -0.15) is 0 Å². The van der Waals surface area contributed by atoms with Crippen LogP contribution in [0.25, 0.3) is 11.1 Å². The highest BCUT2D eigenvalue weighted by Gasteiger charge is 2.18. The summed E-state index contributed by atoms with van der Waals surface area (Å²) in [6.45, 7) is 0.284. The van der Waals surface area contributed by atoms with Gasteiger partial charge < -0.3 is 5.11 Å². The van der Waals surface area contributed by atoms with Crippen LogP contribution in [-0.4, -0.2) is 11.7 Å². The second kappa shape index (κ2) is 8.96. The molecule has 0 atom stereocenters. The van der Waals surface area contributed by atoms with Crippen molar-refractivity contribution < 1.29 is 9.50 Å². The monoisotopic (exact) mass is 338 g/mol. The van der Waals surface area contributed by atoms with Crippen molar-refractivity contribution in [2.24, 2.45) is 0 Å². The van der Waals surface area contributed by atoms with Gasteiger partial charge in [0.2, 0.25) is 0 Å². The van der Waals surface area contributed by atoms with Crippen LogP contribution in [0.5, 0.6) is 0 Å². The standard InChI is InChI=1S/C23H27FO/c24-20-15-13-19(14-16-20)22-12-7-9-18-8-4-5-10-21(18)23(22)11-3-1-2-6-17-25/h4-5,8,10,13-16,25H,1-3,6-7,9,11-12,17H2. The van der Waals surface area contributed by atoms with E-state index >= 15 is 0 Å². The summed E-state index contributed by atoms with van der Waals surface area (Å²) in [5.74, 6) is -0.177. The molecule has 2 aromatic carbocycles. The highest BCUT2D eigenvalue weighted by atomic mass is 19.1. The van der Waals surface area contributed by atoms with Gasteiger partial charge in [-0.15, -0.1) is 0 Å². The van der Waals surface area contributed by atoms with Crippen LogP contribution in [0.15, 0.2) is 48.5 Å². The van der Waals surface area contributed by atoms with Crippen LogP contribution in [0.1, 0.15) is 61.6 Å². The molecule has 0 aromatic heterocycles. The molecule has 2 heteroatoms. The summed E-state index contributed by atoms with van der Waals surface area (Å²) >= 11 is 0. The zero-order chi connectivity index (χ0) is 17.5. The van der Waals surface area contributed by atoms with E-state index in [0.717, 1.165) is 56.9 Å². The average molecular weight is 338 g/mol. The number of unbranched alkanes of at least 4 members (excludes halogenated alkanes) is 3. The average Bonchev–Trinajstić information content (AvgIpc) is 2.82. The van der Waals surface area contributed by atoms with Gasteiger partial charge in [0, 0.05) is 6.61 Å². The Bertz CT molecular complexity index is 715. The molecule has 25 heavy (non-hydrogen) atoms. The molecule has 0 unspecified atom stereocenters. The summed E-state index contributed by atoms with van der Waals surface area (Å²) in [5.41, 5.74) is 6.78. The quantitative estimate of drug-likeness (QED) is 0.612. The second-order valence-corrected chi connectivity index (χ2v) is 6.86. The van der Waals surface area contributed by atoms with Gasteiger partial charge in [0.05, 0.1) is 0 Å². The van der Waals surface area contributed by atoms with Crippen molar-refractivity contribution in [3.63, 3.8) is 0 Å². The lowest BCUT2D eigenvalue weighted by Gasteiger charge is -2.16. The molecule has 0 saturated heterocycles.